The van der Waals surface area contributed by atoms with Crippen molar-refractivity contribution in [2.75, 3.05) is 39.9 Å². The fourth-order valence-corrected chi connectivity index (χ4v) is 4.18. The van der Waals surface area contributed by atoms with Gasteiger partial charge >= 0.3 is 0 Å². The Hall–Kier alpha value is -1.19. The summed E-state index contributed by atoms with van der Waals surface area (Å²) in [6, 6.07) is 6.24. The van der Waals surface area contributed by atoms with Crippen LogP contribution in [-0.2, 0) is 14.8 Å². The first-order valence-electron chi connectivity index (χ1n) is 8.92. The van der Waals surface area contributed by atoms with E-state index in [0.717, 1.165) is 0 Å². The number of rotatable bonds is 7. The number of nitrogens with two attached hydrogens (primary N) is 1. The van der Waals surface area contributed by atoms with Crippen LogP contribution in [0.25, 0.3) is 0 Å². The molecule has 2 rings (SSSR count). The average Bonchev–Trinajstić information content (AvgIpc) is 2.65. The monoisotopic (exact) mass is 419 g/mol. The number of carbonyl (C=O) groups excluding carboxylic acids is 1. The molecule has 1 aromatic carbocycles. The van der Waals surface area contributed by atoms with Crippen LogP contribution in [0.5, 0.6) is 0 Å². The Morgan fingerprint density at radius 2 is 1.93 bits per heavy atom. The summed E-state index contributed by atoms with van der Waals surface area (Å²) in [5, 5.41) is 0. The van der Waals surface area contributed by atoms with E-state index in [4.69, 9.17) is 10.5 Å². The van der Waals surface area contributed by atoms with Gasteiger partial charge in [-0.15, -0.1) is 12.4 Å². The zero-order valence-corrected chi connectivity index (χ0v) is 17.8. The Morgan fingerprint density at radius 1 is 1.30 bits per heavy atom. The highest BCUT2D eigenvalue weighted by molar-refractivity contribution is 7.89. The molecule has 0 aromatic heterocycles. The normalized spacial score (nSPS) is 16.6. The predicted octanol–water partition coefficient (Wildman–Crippen LogP) is 1.57. The first-order valence-corrected chi connectivity index (χ1v) is 10.4. The van der Waals surface area contributed by atoms with Gasteiger partial charge < -0.3 is 15.4 Å². The molecule has 2 N–H and O–H groups in total. The lowest BCUT2D eigenvalue weighted by Gasteiger charge is -2.26. The number of morpholine rings is 1. The van der Waals surface area contributed by atoms with Crippen LogP contribution in [-0.4, -0.2) is 69.5 Å². The van der Waals surface area contributed by atoms with Gasteiger partial charge in [-0.3, -0.25) is 4.79 Å². The lowest BCUT2D eigenvalue weighted by Crippen LogP contribution is -2.40. The van der Waals surface area contributed by atoms with E-state index in [1.165, 1.54) is 16.4 Å². The quantitative estimate of drug-likeness (QED) is 0.724. The molecule has 0 spiro atoms. The molecule has 0 radical (unpaired) electrons. The van der Waals surface area contributed by atoms with E-state index in [1.807, 2.05) is 13.8 Å². The number of hydrogen-bond donors (Lipinski definition) is 1. The van der Waals surface area contributed by atoms with Crippen molar-refractivity contribution in [3.8, 4) is 0 Å². The Morgan fingerprint density at radius 3 is 2.52 bits per heavy atom. The summed E-state index contributed by atoms with van der Waals surface area (Å²) in [6.45, 7) is 6.05. The van der Waals surface area contributed by atoms with E-state index in [2.05, 4.69) is 0 Å². The first kappa shape index (κ1) is 23.8. The summed E-state index contributed by atoms with van der Waals surface area (Å²) in [7, 11) is -1.91. The van der Waals surface area contributed by atoms with Crippen molar-refractivity contribution >= 4 is 28.3 Å². The van der Waals surface area contributed by atoms with Gasteiger partial charge in [0.2, 0.25) is 10.0 Å². The largest absolute Gasteiger partial charge is 0.379 e. The smallest absolute Gasteiger partial charge is 0.253 e. The summed E-state index contributed by atoms with van der Waals surface area (Å²) < 4.78 is 32.1. The lowest BCUT2D eigenvalue weighted by atomic mass is 10.0. The van der Waals surface area contributed by atoms with Gasteiger partial charge in [0, 0.05) is 38.3 Å². The molecule has 1 fully saturated rings. The molecule has 1 unspecified atom stereocenters. The van der Waals surface area contributed by atoms with Crippen LogP contribution >= 0.6 is 12.4 Å². The number of hydrogen-bond acceptors (Lipinski definition) is 5. The Kier molecular flexibility index (Phi) is 9.17. The molecule has 1 aliphatic rings. The van der Waals surface area contributed by atoms with Crippen molar-refractivity contribution in [2.45, 2.75) is 31.2 Å². The zero-order chi connectivity index (χ0) is 19.3. The van der Waals surface area contributed by atoms with Crippen molar-refractivity contribution in [2.24, 2.45) is 11.7 Å². The van der Waals surface area contributed by atoms with Crippen LogP contribution in [0, 0.1) is 5.92 Å². The van der Waals surface area contributed by atoms with Crippen LogP contribution in [0.2, 0.25) is 0 Å². The van der Waals surface area contributed by atoms with Gasteiger partial charge in [-0.1, -0.05) is 19.9 Å². The zero-order valence-electron chi connectivity index (χ0n) is 16.1. The third-order valence-corrected chi connectivity index (χ3v) is 6.58. The highest BCUT2D eigenvalue weighted by atomic mass is 35.5. The first-order chi connectivity index (χ1) is 12.2. The Labute approximate surface area is 168 Å². The number of sulfonamides is 1. The number of ether oxygens (including phenoxy) is 1. The molecule has 1 aromatic rings. The highest BCUT2D eigenvalue weighted by Gasteiger charge is 2.27. The molecule has 1 aliphatic heterocycles. The molecule has 0 aliphatic carbocycles. The van der Waals surface area contributed by atoms with Crippen molar-refractivity contribution in [3.05, 3.63) is 29.8 Å². The standard InChI is InChI=1S/C18H29N3O4S.ClH/c1-14(2)17(19)7-8-20(3)18(22)15-5-4-6-16(13-15)26(23,24)21-9-11-25-12-10-21;/h4-6,13-14,17H,7-12,19H2,1-3H3;1H. The minimum absolute atomic E-state index is 0. The third-order valence-electron chi connectivity index (χ3n) is 4.69. The van der Waals surface area contributed by atoms with Gasteiger partial charge in [-0.2, -0.15) is 4.31 Å². The number of amides is 1. The summed E-state index contributed by atoms with van der Waals surface area (Å²) in [4.78, 5) is 14.4. The van der Waals surface area contributed by atoms with Crippen LogP contribution in [0.15, 0.2) is 29.2 Å². The van der Waals surface area contributed by atoms with Crippen molar-refractivity contribution in [3.63, 3.8) is 0 Å². The van der Waals surface area contributed by atoms with Crippen molar-refractivity contribution in [1.82, 2.24) is 9.21 Å². The van der Waals surface area contributed by atoms with Gasteiger partial charge in [0.25, 0.3) is 5.91 Å². The maximum absolute atomic E-state index is 12.8. The van der Waals surface area contributed by atoms with Crippen molar-refractivity contribution in [1.29, 1.82) is 0 Å². The summed E-state index contributed by atoms with van der Waals surface area (Å²) in [5.74, 6) is 0.139. The molecule has 0 saturated carbocycles. The second-order valence-electron chi connectivity index (χ2n) is 6.97. The van der Waals surface area contributed by atoms with E-state index in [1.54, 1.807) is 24.1 Å². The van der Waals surface area contributed by atoms with E-state index < -0.39 is 10.0 Å². The molecule has 7 nitrogen and oxygen atoms in total. The van der Waals surface area contributed by atoms with Crippen LogP contribution < -0.4 is 5.73 Å². The maximum Gasteiger partial charge on any atom is 0.253 e. The maximum atomic E-state index is 12.8. The number of halogens is 1. The SMILES string of the molecule is CC(C)C(N)CCN(C)C(=O)c1cccc(S(=O)(=O)N2CCOCC2)c1.Cl. The predicted molar refractivity (Wildman–Crippen MR) is 108 cm³/mol. The minimum atomic E-state index is -3.62. The van der Waals surface area contributed by atoms with E-state index in [-0.39, 0.29) is 29.3 Å². The van der Waals surface area contributed by atoms with E-state index in [0.29, 0.717) is 50.8 Å². The number of carbonyl (C=O) groups is 1. The van der Waals surface area contributed by atoms with Crippen molar-refractivity contribution < 1.29 is 17.9 Å². The second kappa shape index (κ2) is 10.4. The summed E-state index contributed by atoms with van der Waals surface area (Å²) >= 11 is 0. The minimum Gasteiger partial charge on any atom is -0.379 e. The number of nitrogens with zero attached hydrogens (tertiary/aromatic N) is 2. The molecule has 1 atom stereocenters. The third kappa shape index (κ3) is 6.15. The van der Waals surface area contributed by atoms with Gasteiger partial charge in [0.05, 0.1) is 18.1 Å². The van der Waals surface area contributed by atoms with Gasteiger partial charge in [-0.25, -0.2) is 8.42 Å². The summed E-state index contributed by atoms with van der Waals surface area (Å²) in [6.07, 6.45) is 0.700. The molecule has 154 valence electrons. The van der Waals surface area contributed by atoms with E-state index in [9.17, 15) is 13.2 Å². The second-order valence-corrected chi connectivity index (χ2v) is 8.91. The number of benzene rings is 1. The van der Waals surface area contributed by atoms with Crippen LogP contribution in [0.1, 0.15) is 30.6 Å². The van der Waals surface area contributed by atoms with Gasteiger partial charge in [0.15, 0.2) is 0 Å². The molecule has 1 amide bonds. The average molecular weight is 420 g/mol. The fourth-order valence-electron chi connectivity index (χ4n) is 2.72. The molecular weight excluding hydrogens is 390 g/mol. The topological polar surface area (TPSA) is 92.9 Å². The lowest BCUT2D eigenvalue weighted by molar-refractivity contribution is 0.0730. The molecule has 0 bridgehead atoms. The molecule has 1 saturated heterocycles. The van der Waals surface area contributed by atoms with Crippen LogP contribution in [0.4, 0.5) is 0 Å². The summed E-state index contributed by atoms with van der Waals surface area (Å²) in [5.41, 5.74) is 6.40. The molecular formula is C18H30ClN3O4S. The molecule has 9 heteroatoms. The fraction of sp³-hybridized carbons (Fsp3) is 0.611. The Bertz CT molecular complexity index is 721. The Balaban J connectivity index is 0.00000364. The van der Waals surface area contributed by atoms with Gasteiger partial charge in [-0.05, 0) is 30.5 Å². The molecule has 27 heavy (non-hydrogen) atoms. The highest BCUT2D eigenvalue weighted by Crippen LogP contribution is 2.19. The van der Waals surface area contributed by atoms with Gasteiger partial charge in [0.1, 0.15) is 0 Å². The van der Waals surface area contributed by atoms with Crippen LogP contribution in [0.3, 0.4) is 0 Å². The van der Waals surface area contributed by atoms with E-state index >= 15 is 0 Å². The molecule has 1 heterocycles.